The molecule has 0 unspecified atom stereocenters. The maximum Gasteiger partial charge on any atom is 2.00 e. The van der Waals surface area contributed by atoms with Crippen LogP contribution in [0.3, 0.4) is 0 Å². The fourth-order valence-corrected chi connectivity index (χ4v) is 4.22. The Kier molecular flexibility index (Phi) is 40.2. The molecule has 0 saturated carbocycles. The van der Waals surface area contributed by atoms with Crippen LogP contribution in [0.25, 0.3) is 0 Å². The van der Waals surface area contributed by atoms with Crippen molar-refractivity contribution in [2.45, 2.75) is 181 Å². The third kappa shape index (κ3) is 44.1. The SMILES string of the molecule is CCCCCCCCCCCCCC(=O)[O-].CCCCCCCCCCCCCCCC(=O)[O-].[Mg+2]. The fourth-order valence-electron chi connectivity index (χ4n) is 4.22. The summed E-state index contributed by atoms with van der Waals surface area (Å²) in [5.41, 5.74) is 0. The maximum absolute atomic E-state index is 10.2. The first kappa shape index (κ1) is 39.2. The van der Waals surface area contributed by atoms with E-state index in [1.807, 2.05) is 0 Å². The van der Waals surface area contributed by atoms with Crippen molar-refractivity contribution in [2.75, 3.05) is 0 Å². The second-order valence-electron chi connectivity index (χ2n) is 10.0. The van der Waals surface area contributed by atoms with E-state index in [0.717, 1.165) is 25.7 Å². The number of hydrogen-bond donors (Lipinski definition) is 0. The number of carboxylic acid groups (broad SMARTS) is 2. The Morgan fingerprint density at radius 1 is 0.371 bits per heavy atom. The summed E-state index contributed by atoms with van der Waals surface area (Å²) in [4.78, 5) is 20.3. The van der Waals surface area contributed by atoms with Crippen molar-refractivity contribution in [2.24, 2.45) is 0 Å². The van der Waals surface area contributed by atoms with Crippen LogP contribution in [0, 0.1) is 0 Å². The molecule has 0 atom stereocenters. The minimum atomic E-state index is -0.907. The minimum absolute atomic E-state index is 0. The molecule has 4 nitrogen and oxygen atoms in total. The molecule has 204 valence electrons. The fraction of sp³-hybridized carbons (Fsp3) is 0.933. The predicted octanol–water partition coefficient (Wildman–Crippen LogP) is 7.27. The average molecular weight is 507 g/mol. The van der Waals surface area contributed by atoms with Crippen LogP contribution in [-0.4, -0.2) is 35.0 Å². The zero-order valence-electron chi connectivity index (χ0n) is 23.7. The van der Waals surface area contributed by atoms with Crippen LogP contribution in [0.1, 0.15) is 181 Å². The van der Waals surface area contributed by atoms with E-state index in [2.05, 4.69) is 13.8 Å². The summed E-state index contributed by atoms with van der Waals surface area (Å²) in [5, 5.41) is 20.3. The summed E-state index contributed by atoms with van der Waals surface area (Å²) in [5.74, 6) is -1.81. The number of carbonyl (C=O) groups excluding carboxylic acids is 2. The predicted molar refractivity (Wildman–Crippen MR) is 147 cm³/mol. The van der Waals surface area contributed by atoms with Gasteiger partial charge in [0.2, 0.25) is 0 Å². The second-order valence-corrected chi connectivity index (χ2v) is 10.0. The molecule has 0 spiro atoms. The molecular formula is C30H58MgO4. The van der Waals surface area contributed by atoms with E-state index >= 15 is 0 Å². The van der Waals surface area contributed by atoms with Crippen molar-refractivity contribution in [3.63, 3.8) is 0 Å². The van der Waals surface area contributed by atoms with Crippen LogP contribution < -0.4 is 10.2 Å². The number of carboxylic acids is 2. The molecular weight excluding hydrogens is 449 g/mol. The monoisotopic (exact) mass is 506 g/mol. The molecule has 0 bridgehead atoms. The van der Waals surface area contributed by atoms with E-state index in [-0.39, 0.29) is 35.9 Å². The van der Waals surface area contributed by atoms with E-state index in [9.17, 15) is 19.8 Å². The summed E-state index contributed by atoms with van der Waals surface area (Å²) in [6, 6.07) is 0. The molecule has 0 rings (SSSR count). The molecule has 0 aromatic rings. The Bertz CT molecular complexity index is 415. The molecule has 0 aromatic carbocycles. The summed E-state index contributed by atoms with van der Waals surface area (Å²) in [6.07, 6.45) is 31.0. The second kappa shape index (κ2) is 35.9. The molecule has 5 heteroatoms. The number of carbonyl (C=O) groups is 2. The van der Waals surface area contributed by atoms with Crippen molar-refractivity contribution in [1.29, 1.82) is 0 Å². The molecule has 0 aliphatic heterocycles. The van der Waals surface area contributed by atoms with Gasteiger partial charge in [-0.1, -0.05) is 155 Å². The first-order chi connectivity index (χ1) is 16.5. The smallest absolute Gasteiger partial charge is 0.550 e. The number of aliphatic carboxylic acids is 2. The van der Waals surface area contributed by atoms with E-state index in [4.69, 9.17) is 0 Å². The molecule has 0 saturated heterocycles. The van der Waals surface area contributed by atoms with Crippen LogP contribution in [0.2, 0.25) is 0 Å². The molecule has 0 aliphatic rings. The zero-order chi connectivity index (χ0) is 25.5. The van der Waals surface area contributed by atoms with Crippen LogP contribution in [-0.2, 0) is 9.59 Å². The summed E-state index contributed by atoms with van der Waals surface area (Å²) >= 11 is 0. The summed E-state index contributed by atoms with van der Waals surface area (Å²) in [6.45, 7) is 4.50. The van der Waals surface area contributed by atoms with Crippen molar-refractivity contribution in [3.8, 4) is 0 Å². The molecule has 0 aliphatic carbocycles. The van der Waals surface area contributed by atoms with Gasteiger partial charge in [0.1, 0.15) is 0 Å². The first-order valence-corrected chi connectivity index (χ1v) is 14.9. The van der Waals surface area contributed by atoms with Gasteiger partial charge in [0.25, 0.3) is 0 Å². The molecule has 0 amide bonds. The average Bonchev–Trinajstić information content (AvgIpc) is 2.80. The van der Waals surface area contributed by atoms with Crippen molar-refractivity contribution in [1.82, 2.24) is 0 Å². The largest absolute Gasteiger partial charge is 2.00 e. The number of hydrogen-bond acceptors (Lipinski definition) is 4. The Labute approximate surface area is 235 Å². The standard InChI is InChI=1S/C16H32O2.C14H28O2.Mg/c1-2-3-4-5-6-7-8-9-10-11-12-13-14-15-16(17)18;1-2-3-4-5-6-7-8-9-10-11-12-13-14(15)16;/h2-15H2,1H3,(H,17,18);2-13H2,1H3,(H,15,16);/q;;+2/p-2. The number of rotatable bonds is 26. The topological polar surface area (TPSA) is 80.3 Å². The quantitative estimate of drug-likeness (QED) is 0.0911. The Hall–Kier alpha value is -0.294. The van der Waals surface area contributed by atoms with Gasteiger partial charge in [-0.3, -0.25) is 0 Å². The Morgan fingerprint density at radius 3 is 0.714 bits per heavy atom. The molecule has 0 heterocycles. The Morgan fingerprint density at radius 2 is 0.543 bits per heavy atom. The van der Waals surface area contributed by atoms with Crippen molar-refractivity contribution < 1.29 is 19.8 Å². The third-order valence-electron chi connectivity index (χ3n) is 6.47. The van der Waals surface area contributed by atoms with Gasteiger partial charge in [0, 0.05) is 11.9 Å². The zero-order valence-corrected chi connectivity index (χ0v) is 25.1. The van der Waals surface area contributed by atoms with E-state index in [0.29, 0.717) is 0 Å². The van der Waals surface area contributed by atoms with Crippen LogP contribution in [0.5, 0.6) is 0 Å². The molecule has 0 N–H and O–H groups in total. The van der Waals surface area contributed by atoms with Crippen molar-refractivity contribution in [3.05, 3.63) is 0 Å². The summed E-state index contributed by atoms with van der Waals surface area (Å²) in [7, 11) is 0. The summed E-state index contributed by atoms with van der Waals surface area (Å²) < 4.78 is 0. The van der Waals surface area contributed by atoms with Crippen LogP contribution in [0.15, 0.2) is 0 Å². The molecule has 0 fully saturated rings. The van der Waals surface area contributed by atoms with Gasteiger partial charge in [0.05, 0.1) is 0 Å². The third-order valence-corrected chi connectivity index (χ3v) is 6.47. The molecule has 0 aromatic heterocycles. The van der Waals surface area contributed by atoms with Gasteiger partial charge in [0.15, 0.2) is 0 Å². The van der Waals surface area contributed by atoms with Gasteiger partial charge in [-0.15, -0.1) is 0 Å². The van der Waals surface area contributed by atoms with Gasteiger partial charge in [-0.25, -0.2) is 0 Å². The van der Waals surface area contributed by atoms with E-state index in [1.54, 1.807) is 0 Å². The van der Waals surface area contributed by atoms with Gasteiger partial charge in [-0.2, -0.15) is 0 Å². The maximum atomic E-state index is 10.2. The van der Waals surface area contributed by atoms with Gasteiger partial charge >= 0.3 is 23.1 Å². The normalized spacial score (nSPS) is 10.3. The molecule has 35 heavy (non-hydrogen) atoms. The van der Waals surface area contributed by atoms with Crippen LogP contribution in [0.4, 0.5) is 0 Å². The first-order valence-electron chi connectivity index (χ1n) is 14.9. The van der Waals surface area contributed by atoms with E-state index in [1.165, 1.54) is 128 Å². The minimum Gasteiger partial charge on any atom is -0.550 e. The van der Waals surface area contributed by atoms with Crippen molar-refractivity contribution >= 4 is 35.0 Å². The van der Waals surface area contributed by atoms with Gasteiger partial charge < -0.3 is 19.8 Å². The number of unbranched alkanes of at least 4 members (excludes halogenated alkanes) is 22. The van der Waals surface area contributed by atoms with E-state index < -0.39 is 11.9 Å². The molecule has 0 radical (unpaired) electrons. The Balaban J connectivity index is -0.000000573. The van der Waals surface area contributed by atoms with Gasteiger partial charge in [-0.05, 0) is 25.7 Å². The van der Waals surface area contributed by atoms with Crippen LogP contribution >= 0.6 is 0 Å².